The molecule has 0 saturated carbocycles. The quantitative estimate of drug-likeness (QED) is 0.766. The van der Waals surface area contributed by atoms with Gasteiger partial charge in [-0.05, 0) is 31.6 Å². The number of hydrogen-bond donors (Lipinski definition) is 0. The second kappa shape index (κ2) is 4.66. The molecule has 0 aromatic rings. The van der Waals surface area contributed by atoms with Crippen molar-refractivity contribution in [1.82, 2.24) is 8.61 Å². The molecule has 2 bridgehead atoms. The second-order valence-electron chi connectivity index (χ2n) is 7.05. The Morgan fingerprint density at radius 1 is 0.950 bits per heavy atom. The van der Waals surface area contributed by atoms with E-state index in [0.29, 0.717) is 56.1 Å². The lowest BCUT2D eigenvalue weighted by Gasteiger charge is -2.33. The van der Waals surface area contributed by atoms with E-state index in [4.69, 9.17) is 4.74 Å². The van der Waals surface area contributed by atoms with Gasteiger partial charge in [0.15, 0.2) is 0 Å². The molecule has 0 radical (unpaired) electrons. The molecule has 20 heavy (non-hydrogen) atoms. The molecule has 0 unspecified atom stereocenters. The SMILES string of the molecule is C[C@@H]1CCCN(S(=O)(=O)N2C[C@@H]3[C@@H](C2)[C@H]2CC[C@H]3O2)C1. The van der Waals surface area contributed by atoms with Gasteiger partial charge in [-0.15, -0.1) is 0 Å². The topological polar surface area (TPSA) is 49.9 Å². The van der Waals surface area contributed by atoms with Crippen LogP contribution in [0, 0.1) is 17.8 Å². The first kappa shape index (κ1) is 13.5. The van der Waals surface area contributed by atoms with Gasteiger partial charge in [0.25, 0.3) is 10.2 Å². The molecular formula is C14H24N2O3S. The first-order valence-electron chi connectivity index (χ1n) is 7.96. The predicted octanol–water partition coefficient (Wildman–Crippen LogP) is 1.07. The summed E-state index contributed by atoms with van der Waals surface area (Å²) in [6.45, 7) is 4.89. The zero-order valence-electron chi connectivity index (χ0n) is 12.1. The van der Waals surface area contributed by atoms with Gasteiger partial charge >= 0.3 is 0 Å². The highest BCUT2D eigenvalue weighted by atomic mass is 32.2. The van der Waals surface area contributed by atoms with Crippen LogP contribution in [0.4, 0.5) is 0 Å². The standard InChI is InChI=1S/C14H24N2O3S/c1-10-3-2-6-15(7-10)20(17,18)16-8-11-12(9-16)14-5-4-13(11)19-14/h10-14H,2-9H2,1H3/t10-,11-,12-,13-,14-/m1/s1. The molecule has 0 aromatic heterocycles. The highest BCUT2D eigenvalue weighted by Gasteiger charge is 2.55. The Kier molecular flexibility index (Phi) is 3.15. The van der Waals surface area contributed by atoms with Crippen molar-refractivity contribution in [2.24, 2.45) is 17.8 Å². The summed E-state index contributed by atoms with van der Waals surface area (Å²) in [5, 5.41) is 0. The molecule has 6 heteroatoms. The minimum absolute atomic E-state index is 0.325. The molecule has 4 fully saturated rings. The fourth-order valence-electron chi connectivity index (χ4n) is 4.63. The fourth-order valence-corrected chi connectivity index (χ4v) is 6.48. The molecule has 0 spiro atoms. The van der Waals surface area contributed by atoms with Crippen molar-refractivity contribution in [3.05, 3.63) is 0 Å². The summed E-state index contributed by atoms with van der Waals surface area (Å²) < 4.78 is 35.0. The number of ether oxygens (including phenoxy) is 1. The van der Waals surface area contributed by atoms with Crippen LogP contribution in [0.5, 0.6) is 0 Å². The zero-order valence-corrected chi connectivity index (χ0v) is 12.9. The molecule has 5 nitrogen and oxygen atoms in total. The van der Waals surface area contributed by atoms with Crippen molar-refractivity contribution >= 4 is 10.2 Å². The van der Waals surface area contributed by atoms with E-state index in [-0.39, 0.29) is 0 Å². The van der Waals surface area contributed by atoms with Gasteiger partial charge in [-0.25, -0.2) is 0 Å². The minimum atomic E-state index is -3.24. The Hall–Kier alpha value is -0.170. The van der Waals surface area contributed by atoms with Crippen LogP contribution in [-0.2, 0) is 14.9 Å². The van der Waals surface area contributed by atoms with Crippen LogP contribution in [0.25, 0.3) is 0 Å². The van der Waals surface area contributed by atoms with Crippen molar-refractivity contribution in [1.29, 1.82) is 0 Å². The number of piperidine rings is 1. The monoisotopic (exact) mass is 300 g/mol. The van der Waals surface area contributed by atoms with Gasteiger partial charge in [0.1, 0.15) is 0 Å². The summed E-state index contributed by atoms with van der Waals surface area (Å²) in [7, 11) is -3.24. The number of hydrogen-bond acceptors (Lipinski definition) is 3. The highest BCUT2D eigenvalue weighted by molar-refractivity contribution is 7.86. The lowest BCUT2D eigenvalue weighted by Crippen LogP contribution is -2.47. The lowest BCUT2D eigenvalue weighted by atomic mass is 9.82. The van der Waals surface area contributed by atoms with Crippen LogP contribution in [0.2, 0.25) is 0 Å². The van der Waals surface area contributed by atoms with E-state index in [1.165, 1.54) is 0 Å². The van der Waals surface area contributed by atoms with E-state index in [1.54, 1.807) is 8.61 Å². The van der Waals surface area contributed by atoms with Crippen molar-refractivity contribution in [3.63, 3.8) is 0 Å². The Morgan fingerprint density at radius 3 is 2.20 bits per heavy atom. The average Bonchev–Trinajstić information content (AvgIpc) is 3.11. The highest BCUT2D eigenvalue weighted by Crippen LogP contribution is 2.48. The Labute approximate surface area is 121 Å². The van der Waals surface area contributed by atoms with Crippen molar-refractivity contribution in [3.8, 4) is 0 Å². The molecule has 114 valence electrons. The Balaban J connectivity index is 1.50. The number of fused-ring (bicyclic) bond motifs is 5. The first-order valence-corrected chi connectivity index (χ1v) is 9.36. The molecule has 4 saturated heterocycles. The van der Waals surface area contributed by atoms with E-state index >= 15 is 0 Å². The minimum Gasteiger partial charge on any atom is -0.374 e. The van der Waals surface area contributed by atoms with Gasteiger partial charge in [-0.2, -0.15) is 17.0 Å². The Morgan fingerprint density at radius 2 is 1.60 bits per heavy atom. The smallest absolute Gasteiger partial charge is 0.282 e. The van der Waals surface area contributed by atoms with Gasteiger partial charge in [0.2, 0.25) is 0 Å². The third kappa shape index (κ3) is 1.95. The zero-order chi connectivity index (χ0) is 13.9. The van der Waals surface area contributed by atoms with E-state index in [2.05, 4.69) is 6.92 Å². The summed E-state index contributed by atoms with van der Waals surface area (Å²) in [4.78, 5) is 0. The fraction of sp³-hybridized carbons (Fsp3) is 1.00. The molecule has 4 aliphatic heterocycles. The number of nitrogens with zero attached hydrogens (tertiary/aromatic N) is 2. The number of rotatable bonds is 2. The van der Waals surface area contributed by atoms with Crippen LogP contribution in [0.3, 0.4) is 0 Å². The summed E-state index contributed by atoms with van der Waals surface area (Å²) in [6.07, 6.45) is 5.04. The molecular weight excluding hydrogens is 276 g/mol. The van der Waals surface area contributed by atoms with Gasteiger partial charge in [-0.3, -0.25) is 0 Å². The third-order valence-electron chi connectivity index (χ3n) is 5.69. The normalized spacial score (nSPS) is 46.0. The maximum absolute atomic E-state index is 12.8. The van der Waals surface area contributed by atoms with Crippen LogP contribution in [-0.4, -0.2) is 55.4 Å². The molecule has 5 atom stereocenters. The maximum atomic E-state index is 12.8. The predicted molar refractivity (Wildman–Crippen MR) is 75.3 cm³/mol. The van der Waals surface area contributed by atoms with Crippen LogP contribution in [0.15, 0.2) is 0 Å². The molecule has 0 amide bonds. The van der Waals surface area contributed by atoms with E-state index in [9.17, 15) is 8.42 Å². The van der Waals surface area contributed by atoms with Crippen LogP contribution < -0.4 is 0 Å². The van der Waals surface area contributed by atoms with E-state index in [1.807, 2.05) is 0 Å². The third-order valence-corrected chi connectivity index (χ3v) is 7.63. The maximum Gasteiger partial charge on any atom is 0.282 e. The summed E-state index contributed by atoms with van der Waals surface area (Å²) in [6, 6.07) is 0. The van der Waals surface area contributed by atoms with E-state index < -0.39 is 10.2 Å². The molecule has 4 aliphatic rings. The Bertz CT molecular complexity index is 477. The van der Waals surface area contributed by atoms with E-state index in [0.717, 1.165) is 25.7 Å². The van der Waals surface area contributed by atoms with Gasteiger partial charge in [0.05, 0.1) is 12.2 Å². The molecule has 0 aromatic carbocycles. The average molecular weight is 300 g/mol. The van der Waals surface area contributed by atoms with Crippen molar-refractivity contribution < 1.29 is 13.2 Å². The van der Waals surface area contributed by atoms with Crippen molar-refractivity contribution in [2.45, 2.75) is 44.8 Å². The summed E-state index contributed by atoms with van der Waals surface area (Å²) in [5.41, 5.74) is 0. The first-order chi connectivity index (χ1) is 9.55. The second-order valence-corrected chi connectivity index (χ2v) is 8.98. The summed E-state index contributed by atoms with van der Waals surface area (Å²) >= 11 is 0. The molecule has 0 aliphatic carbocycles. The molecule has 0 N–H and O–H groups in total. The van der Waals surface area contributed by atoms with Gasteiger partial charge in [0, 0.05) is 38.0 Å². The summed E-state index contributed by atoms with van der Waals surface area (Å²) in [5.74, 6) is 1.39. The van der Waals surface area contributed by atoms with Crippen LogP contribution in [0.1, 0.15) is 32.6 Å². The molecule has 4 rings (SSSR count). The van der Waals surface area contributed by atoms with Gasteiger partial charge < -0.3 is 4.74 Å². The van der Waals surface area contributed by atoms with Gasteiger partial charge in [-0.1, -0.05) is 6.92 Å². The van der Waals surface area contributed by atoms with Crippen molar-refractivity contribution in [2.75, 3.05) is 26.2 Å². The molecule has 4 heterocycles. The largest absolute Gasteiger partial charge is 0.374 e. The van der Waals surface area contributed by atoms with Crippen LogP contribution >= 0.6 is 0 Å². The lowest BCUT2D eigenvalue weighted by molar-refractivity contribution is 0.0772.